The Morgan fingerprint density at radius 2 is 1.97 bits per heavy atom. The molecule has 1 fully saturated rings. The van der Waals surface area contributed by atoms with Crippen molar-refractivity contribution in [3.05, 3.63) is 65.7 Å². The Balaban J connectivity index is 1.57. The van der Waals surface area contributed by atoms with Crippen LogP contribution >= 0.6 is 0 Å². The predicted molar refractivity (Wildman–Crippen MR) is 114 cm³/mol. The highest BCUT2D eigenvalue weighted by atomic mass is 16.5. The predicted octanol–water partition coefficient (Wildman–Crippen LogP) is 3.58. The first-order valence-corrected chi connectivity index (χ1v) is 10.2. The van der Waals surface area contributed by atoms with Gasteiger partial charge in [-0.15, -0.1) is 0 Å². The van der Waals surface area contributed by atoms with Gasteiger partial charge in [0.05, 0.1) is 18.3 Å². The molecule has 0 aromatic heterocycles. The summed E-state index contributed by atoms with van der Waals surface area (Å²) in [7, 11) is 1.70. The van der Waals surface area contributed by atoms with Crippen LogP contribution in [0.25, 0.3) is 0 Å². The number of carbonyl (C=O) groups excluding carboxylic acids is 2. The first-order valence-electron chi connectivity index (χ1n) is 10.2. The topological polar surface area (TPSA) is 70.7 Å². The van der Waals surface area contributed by atoms with Crippen molar-refractivity contribution in [2.24, 2.45) is 5.92 Å². The number of urea groups is 1. The van der Waals surface area contributed by atoms with E-state index in [0.29, 0.717) is 23.8 Å². The minimum atomic E-state index is -0.388. The van der Waals surface area contributed by atoms with Crippen LogP contribution in [0, 0.1) is 5.92 Å². The Morgan fingerprint density at radius 3 is 2.72 bits per heavy atom. The molecular weight excluding hydrogens is 366 g/mol. The van der Waals surface area contributed by atoms with Crippen LogP contribution in [-0.4, -0.2) is 38.4 Å². The van der Waals surface area contributed by atoms with Crippen molar-refractivity contribution in [3.63, 3.8) is 0 Å². The number of benzene rings is 2. The number of hydrogen-bond acceptors (Lipinski definition) is 4. The highest BCUT2D eigenvalue weighted by molar-refractivity contribution is 5.95. The van der Waals surface area contributed by atoms with Crippen LogP contribution in [0.4, 0.5) is 10.5 Å². The molecule has 0 aliphatic carbocycles. The summed E-state index contributed by atoms with van der Waals surface area (Å²) in [5.41, 5.74) is 2.41. The van der Waals surface area contributed by atoms with Gasteiger partial charge >= 0.3 is 12.0 Å². The maximum Gasteiger partial charge on any atom is 0.338 e. The van der Waals surface area contributed by atoms with Gasteiger partial charge in [0.15, 0.2) is 0 Å². The van der Waals surface area contributed by atoms with Crippen LogP contribution in [0.2, 0.25) is 0 Å². The zero-order valence-electron chi connectivity index (χ0n) is 17.1. The first kappa shape index (κ1) is 20.9. The summed E-state index contributed by atoms with van der Waals surface area (Å²) in [5, 5.41) is 6.45. The average molecular weight is 396 g/mol. The largest absolute Gasteiger partial charge is 0.462 e. The van der Waals surface area contributed by atoms with Gasteiger partial charge in [-0.25, -0.2) is 9.59 Å². The number of nitrogens with zero attached hydrogens (tertiary/aromatic N) is 1. The van der Waals surface area contributed by atoms with E-state index in [2.05, 4.69) is 34.9 Å². The third-order valence-electron chi connectivity index (χ3n) is 5.23. The fourth-order valence-electron chi connectivity index (χ4n) is 3.66. The standard InChI is InChI=1S/C23H29N3O3/c1-3-29-22(27)19-10-7-11-20(16-19)26(2)23(28)25-21-15-18(12-13-24-21)14-17-8-5-4-6-9-17/h4-11,16,18,21,24H,3,12-15H2,1-2H3,(H,25,28)/t18-,21-/m0/s1. The molecule has 29 heavy (non-hydrogen) atoms. The highest BCUT2D eigenvalue weighted by Gasteiger charge is 2.24. The van der Waals surface area contributed by atoms with Gasteiger partial charge in [0.25, 0.3) is 0 Å². The molecule has 3 rings (SSSR count). The van der Waals surface area contributed by atoms with Crippen LogP contribution in [0.3, 0.4) is 0 Å². The number of hydrogen-bond donors (Lipinski definition) is 2. The highest BCUT2D eigenvalue weighted by Crippen LogP contribution is 2.21. The summed E-state index contributed by atoms with van der Waals surface area (Å²) in [6.07, 6.45) is 2.93. The fourth-order valence-corrected chi connectivity index (χ4v) is 3.66. The van der Waals surface area contributed by atoms with Crippen LogP contribution in [-0.2, 0) is 11.2 Å². The van der Waals surface area contributed by atoms with Gasteiger partial charge in [-0.1, -0.05) is 36.4 Å². The average Bonchev–Trinajstić information content (AvgIpc) is 2.74. The maximum atomic E-state index is 12.7. The monoisotopic (exact) mass is 395 g/mol. The number of anilines is 1. The number of rotatable bonds is 6. The number of esters is 1. The summed E-state index contributed by atoms with van der Waals surface area (Å²) in [5.74, 6) is 0.141. The van der Waals surface area contributed by atoms with Gasteiger partial charge in [0.1, 0.15) is 0 Å². The molecule has 1 aliphatic rings. The molecule has 6 nitrogen and oxygen atoms in total. The molecule has 2 aromatic carbocycles. The van der Waals surface area contributed by atoms with Crippen LogP contribution in [0.5, 0.6) is 0 Å². The lowest BCUT2D eigenvalue weighted by atomic mass is 9.89. The van der Waals surface area contributed by atoms with Crippen molar-refractivity contribution >= 4 is 17.7 Å². The second-order valence-electron chi connectivity index (χ2n) is 7.37. The summed E-state index contributed by atoms with van der Waals surface area (Å²) in [4.78, 5) is 26.2. The molecule has 1 aliphatic heterocycles. The summed E-state index contributed by atoms with van der Waals surface area (Å²) in [6, 6.07) is 17.2. The summed E-state index contributed by atoms with van der Waals surface area (Å²) < 4.78 is 5.04. The number of ether oxygens (including phenoxy) is 1. The molecule has 6 heteroatoms. The zero-order chi connectivity index (χ0) is 20.6. The van der Waals surface area contributed by atoms with Gasteiger partial charge < -0.3 is 10.1 Å². The molecule has 1 heterocycles. The lowest BCUT2D eigenvalue weighted by molar-refractivity contribution is 0.0526. The van der Waals surface area contributed by atoms with Gasteiger partial charge in [-0.2, -0.15) is 0 Å². The van der Waals surface area contributed by atoms with E-state index in [1.165, 1.54) is 10.5 Å². The van der Waals surface area contributed by atoms with Crippen LogP contribution in [0.1, 0.15) is 35.7 Å². The second-order valence-corrected chi connectivity index (χ2v) is 7.37. The van der Waals surface area contributed by atoms with E-state index >= 15 is 0 Å². The van der Waals surface area contributed by atoms with E-state index in [0.717, 1.165) is 25.8 Å². The molecule has 154 valence electrons. The molecule has 0 spiro atoms. The number of nitrogens with one attached hydrogen (secondary N) is 2. The van der Waals surface area contributed by atoms with Crippen molar-refractivity contribution in [3.8, 4) is 0 Å². The van der Waals surface area contributed by atoms with Crippen molar-refractivity contribution in [2.75, 3.05) is 25.1 Å². The van der Waals surface area contributed by atoms with E-state index in [1.54, 1.807) is 38.2 Å². The van der Waals surface area contributed by atoms with Crippen molar-refractivity contribution in [2.45, 2.75) is 32.4 Å². The molecule has 2 N–H and O–H groups in total. The first-order chi connectivity index (χ1) is 14.1. The van der Waals surface area contributed by atoms with Gasteiger partial charge in [0.2, 0.25) is 0 Å². The lowest BCUT2D eigenvalue weighted by Gasteiger charge is -2.32. The number of carbonyl (C=O) groups is 2. The lowest BCUT2D eigenvalue weighted by Crippen LogP contribution is -2.53. The van der Waals surface area contributed by atoms with E-state index in [9.17, 15) is 9.59 Å². The molecule has 2 amide bonds. The molecule has 0 bridgehead atoms. The zero-order valence-corrected chi connectivity index (χ0v) is 17.1. The smallest absolute Gasteiger partial charge is 0.338 e. The van der Waals surface area contributed by atoms with E-state index in [4.69, 9.17) is 4.74 Å². The molecule has 2 atom stereocenters. The Hall–Kier alpha value is -2.86. The third kappa shape index (κ3) is 5.81. The summed E-state index contributed by atoms with van der Waals surface area (Å²) >= 11 is 0. The Labute approximate surface area is 172 Å². The summed E-state index contributed by atoms with van der Waals surface area (Å²) in [6.45, 7) is 2.96. The SMILES string of the molecule is CCOC(=O)c1cccc(N(C)C(=O)N[C@H]2C[C@H](Cc3ccccc3)CCN2)c1. The van der Waals surface area contributed by atoms with Gasteiger partial charge in [-0.3, -0.25) is 10.2 Å². The molecule has 1 saturated heterocycles. The normalized spacial score (nSPS) is 18.7. The van der Waals surface area contributed by atoms with Crippen LogP contribution in [0.15, 0.2) is 54.6 Å². The Morgan fingerprint density at radius 1 is 1.17 bits per heavy atom. The third-order valence-corrected chi connectivity index (χ3v) is 5.23. The van der Waals surface area contributed by atoms with Crippen molar-refractivity contribution < 1.29 is 14.3 Å². The minimum absolute atomic E-state index is 0.0688. The molecule has 2 aromatic rings. The van der Waals surface area contributed by atoms with Crippen molar-refractivity contribution in [1.29, 1.82) is 0 Å². The number of amides is 2. The fraction of sp³-hybridized carbons (Fsp3) is 0.391. The number of piperidine rings is 1. The molecule has 0 saturated carbocycles. The Kier molecular flexibility index (Phi) is 7.25. The van der Waals surface area contributed by atoms with E-state index in [1.807, 2.05) is 6.07 Å². The maximum absolute atomic E-state index is 12.7. The van der Waals surface area contributed by atoms with E-state index < -0.39 is 0 Å². The van der Waals surface area contributed by atoms with Crippen LogP contribution < -0.4 is 15.5 Å². The Bertz CT molecular complexity index is 825. The van der Waals surface area contributed by atoms with Crippen molar-refractivity contribution in [1.82, 2.24) is 10.6 Å². The molecule has 0 radical (unpaired) electrons. The van der Waals surface area contributed by atoms with Gasteiger partial charge in [-0.05, 0) is 62.4 Å². The molecular formula is C23H29N3O3. The molecule has 0 unspecified atom stereocenters. The van der Waals surface area contributed by atoms with Gasteiger partial charge in [0, 0.05) is 12.7 Å². The minimum Gasteiger partial charge on any atom is -0.462 e. The second kappa shape index (κ2) is 10.1. The quantitative estimate of drug-likeness (QED) is 0.734. The van der Waals surface area contributed by atoms with E-state index in [-0.39, 0.29) is 18.2 Å².